The Morgan fingerprint density at radius 1 is 1.32 bits per heavy atom. The quantitative estimate of drug-likeness (QED) is 0.917. The number of hydrogen-bond acceptors (Lipinski definition) is 5. The first-order valence-corrected chi connectivity index (χ1v) is 8.11. The van der Waals surface area contributed by atoms with Gasteiger partial charge in [0.05, 0.1) is 4.90 Å². The van der Waals surface area contributed by atoms with E-state index in [0.717, 1.165) is 5.56 Å². The summed E-state index contributed by atoms with van der Waals surface area (Å²) in [6, 6.07) is 6.55. The van der Waals surface area contributed by atoms with E-state index in [0.29, 0.717) is 17.7 Å². The summed E-state index contributed by atoms with van der Waals surface area (Å²) in [4.78, 5) is 11.3. The van der Waals surface area contributed by atoms with Gasteiger partial charge in [0.1, 0.15) is 5.76 Å². The molecule has 0 fully saturated rings. The number of benzene rings is 1. The lowest BCUT2D eigenvalue weighted by atomic mass is 10.1. The van der Waals surface area contributed by atoms with Crippen LogP contribution in [0.4, 0.5) is 0 Å². The largest absolute Gasteiger partial charge is 0.476 e. The zero-order chi connectivity index (χ0) is 15.9. The molecule has 8 heteroatoms. The maximum Gasteiger partial charge on any atom is 0.358 e. The van der Waals surface area contributed by atoms with Crippen LogP contribution in [0, 0.1) is 6.92 Å². The Balaban J connectivity index is 1.95. The maximum absolute atomic E-state index is 12.6. The van der Waals surface area contributed by atoms with Gasteiger partial charge < -0.3 is 9.63 Å². The number of aromatic carboxylic acids is 1. The van der Waals surface area contributed by atoms with Gasteiger partial charge in [0, 0.05) is 25.1 Å². The van der Waals surface area contributed by atoms with Gasteiger partial charge in [-0.05, 0) is 19.1 Å². The van der Waals surface area contributed by atoms with Crippen molar-refractivity contribution in [1.82, 2.24) is 9.46 Å². The highest BCUT2D eigenvalue weighted by molar-refractivity contribution is 7.89. The van der Waals surface area contributed by atoms with Gasteiger partial charge in [-0.1, -0.05) is 22.9 Å². The number of fused-ring (bicyclic) bond motifs is 1. The molecule has 1 N–H and O–H groups in total. The zero-order valence-corrected chi connectivity index (χ0v) is 12.6. The van der Waals surface area contributed by atoms with Crippen molar-refractivity contribution in [2.45, 2.75) is 24.8 Å². The van der Waals surface area contributed by atoms with Crippen LogP contribution in [0.5, 0.6) is 0 Å². The topological polar surface area (TPSA) is 101 Å². The van der Waals surface area contributed by atoms with Crippen LogP contribution in [0.15, 0.2) is 33.7 Å². The van der Waals surface area contributed by atoms with Crippen LogP contribution in [0.3, 0.4) is 0 Å². The van der Waals surface area contributed by atoms with Crippen LogP contribution >= 0.6 is 0 Å². The average Bonchev–Trinajstić information content (AvgIpc) is 2.90. The minimum Gasteiger partial charge on any atom is -0.476 e. The number of carboxylic acid groups (broad SMARTS) is 1. The monoisotopic (exact) mass is 322 g/mol. The van der Waals surface area contributed by atoms with Gasteiger partial charge in [0.15, 0.2) is 5.69 Å². The second kappa shape index (κ2) is 5.22. The van der Waals surface area contributed by atoms with E-state index in [4.69, 9.17) is 9.63 Å². The molecule has 22 heavy (non-hydrogen) atoms. The molecule has 0 amide bonds. The molecule has 0 saturated carbocycles. The molecule has 3 rings (SSSR count). The van der Waals surface area contributed by atoms with Crippen molar-refractivity contribution in [2.75, 3.05) is 6.54 Å². The molecular weight excluding hydrogens is 308 g/mol. The average molecular weight is 322 g/mol. The van der Waals surface area contributed by atoms with Crippen LogP contribution in [0.1, 0.15) is 27.4 Å². The number of aryl methyl sites for hydroxylation is 1. The van der Waals surface area contributed by atoms with Crippen molar-refractivity contribution >= 4 is 16.0 Å². The highest BCUT2D eigenvalue weighted by atomic mass is 32.2. The van der Waals surface area contributed by atoms with Crippen LogP contribution in [-0.4, -0.2) is 35.5 Å². The minimum absolute atomic E-state index is 0.0450. The van der Waals surface area contributed by atoms with E-state index in [1.54, 1.807) is 24.3 Å². The molecule has 0 bridgehead atoms. The van der Waals surface area contributed by atoms with E-state index < -0.39 is 16.0 Å². The fraction of sp³-hybridized carbons (Fsp3) is 0.286. The third-order valence-corrected chi connectivity index (χ3v) is 5.51. The summed E-state index contributed by atoms with van der Waals surface area (Å²) in [5, 5.41) is 12.6. The maximum atomic E-state index is 12.6. The zero-order valence-electron chi connectivity index (χ0n) is 11.8. The Morgan fingerprint density at radius 2 is 2.00 bits per heavy atom. The molecule has 0 spiro atoms. The lowest BCUT2D eigenvalue weighted by Gasteiger charge is -2.25. The third kappa shape index (κ3) is 2.40. The van der Waals surface area contributed by atoms with E-state index in [-0.39, 0.29) is 23.7 Å². The summed E-state index contributed by atoms with van der Waals surface area (Å²) >= 11 is 0. The Morgan fingerprint density at radius 3 is 2.64 bits per heavy atom. The molecule has 0 atom stereocenters. The number of rotatable bonds is 3. The third-order valence-electron chi connectivity index (χ3n) is 3.65. The number of hydrogen-bond donors (Lipinski definition) is 1. The molecule has 0 saturated heterocycles. The van der Waals surface area contributed by atoms with Gasteiger partial charge >= 0.3 is 5.97 Å². The first-order chi connectivity index (χ1) is 10.4. The predicted octanol–water partition coefficient (Wildman–Crippen LogP) is 1.43. The molecule has 1 aliphatic heterocycles. The van der Waals surface area contributed by atoms with Gasteiger partial charge in [0.25, 0.3) is 0 Å². The molecule has 1 aliphatic rings. The number of carboxylic acids is 1. The van der Waals surface area contributed by atoms with Gasteiger partial charge in [0.2, 0.25) is 10.0 Å². The lowest BCUT2D eigenvalue weighted by molar-refractivity contribution is 0.0684. The van der Waals surface area contributed by atoms with Gasteiger partial charge in [-0.2, -0.15) is 4.31 Å². The second-order valence-electron chi connectivity index (χ2n) is 5.14. The molecule has 0 radical (unpaired) electrons. The van der Waals surface area contributed by atoms with E-state index in [9.17, 15) is 13.2 Å². The van der Waals surface area contributed by atoms with Crippen LogP contribution in [0.25, 0.3) is 0 Å². The summed E-state index contributed by atoms with van der Waals surface area (Å²) < 4.78 is 31.5. The van der Waals surface area contributed by atoms with Crippen LogP contribution in [-0.2, 0) is 23.0 Å². The minimum atomic E-state index is -3.67. The summed E-state index contributed by atoms with van der Waals surface area (Å²) in [5.74, 6) is -0.785. The number of aromatic nitrogens is 1. The molecular formula is C14H14N2O5S. The first kappa shape index (κ1) is 14.7. The first-order valence-electron chi connectivity index (χ1n) is 6.67. The second-order valence-corrected chi connectivity index (χ2v) is 7.08. The molecule has 7 nitrogen and oxygen atoms in total. The Hall–Kier alpha value is -2.19. The lowest BCUT2D eigenvalue weighted by Crippen LogP contribution is -2.36. The molecule has 2 aromatic rings. The Bertz CT molecular complexity index is 823. The van der Waals surface area contributed by atoms with Gasteiger partial charge in [-0.25, -0.2) is 13.2 Å². The molecule has 1 aromatic heterocycles. The summed E-state index contributed by atoms with van der Waals surface area (Å²) in [6.45, 7) is 2.06. The van der Waals surface area contributed by atoms with Crippen molar-refractivity contribution in [2.24, 2.45) is 0 Å². The van der Waals surface area contributed by atoms with Crippen molar-refractivity contribution in [3.05, 3.63) is 46.8 Å². The van der Waals surface area contributed by atoms with Gasteiger partial charge in [-0.15, -0.1) is 0 Å². The standard InChI is InChI=1S/C14H14N2O5S/c1-9-2-4-10(5-3-9)22(19,20)16-7-6-12-11(8-16)13(14(17)18)15-21-12/h2-5H,6-8H2,1H3,(H,17,18). The van der Waals surface area contributed by atoms with Gasteiger partial charge in [-0.3, -0.25) is 0 Å². The summed E-state index contributed by atoms with van der Waals surface area (Å²) in [7, 11) is -3.67. The fourth-order valence-electron chi connectivity index (χ4n) is 2.42. The smallest absolute Gasteiger partial charge is 0.358 e. The number of nitrogens with zero attached hydrogens (tertiary/aromatic N) is 2. The SMILES string of the molecule is Cc1ccc(S(=O)(=O)N2CCc3onc(C(=O)O)c3C2)cc1. The molecule has 116 valence electrons. The van der Waals surface area contributed by atoms with Crippen molar-refractivity contribution in [3.8, 4) is 0 Å². The van der Waals surface area contributed by atoms with E-state index in [1.807, 2.05) is 6.92 Å². The Kier molecular flexibility index (Phi) is 3.50. The van der Waals surface area contributed by atoms with Crippen LogP contribution < -0.4 is 0 Å². The van der Waals surface area contributed by atoms with Crippen molar-refractivity contribution < 1.29 is 22.8 Å². The molecule has 2 heterocycles. The van der Waals surface area contributed by atoms with Crippen LogP contribution in [0.2, 0.25) is 0 Å². The normalized spacial score (nSPS) is 15.5. The predicted molar refractivity (Wildman–Crippen MR) is 75.9 cm³/mol. The molecule has 0 unspecified atom stereocenters. The van der Waals surface area contributed by atoms with E-state index in [1.165, 1.54) is 4.31 Å². The molecule has 1 aromatic carbocycles. The van der Waals surface area contributed by atoms with Crippen molar-refractivity contribution in [3.63, 3.8) is 0 Å². The fourth-order valence-corrected chi connectivity index (χ4v) is 3.83. The van der Waals surface area contributed by atoms with E-state index >= 15 is 0 Å². The van der Waals surface area contributed by atoms with E-state index in [2.05, 4.69) is 5.16 Å². The molecule has 0 aliphatic carbocycles. The Labute approximate surface area is 127 Å². The summed E-state index contributed by atoms with van der Waals surface area (Å²) in [6.07, 6.45) is 0.306. The highest BCUT2D eigenvalue weighted by Crippen LogP contribution is 2.27. The highest BCUT2D eigenvalue weighted by Gasteiger charge is 2.33. The van der Waals surface area contributed by atoms with Crippen molar-refractivity contribution in [1.29, 1.82) is 0 Å². The summed E-state index contributed by atoms with van der Waals surface area (Å²) in [5.41, 5.74) is 1.07. The number of carbonyl (C=O) groups is 1. The number of sulfonamides is 1.